The molecule has 0 amide bonds. The Hall–Kier alpha value is 0.354. The third-order valence-electron chi connectivity index (χ3n) is 3.16. The Morgan fingerprint density at radius 2 is 1.06 bits per heavy atom. The van der Waals surface area contributed by atoms with E-state index in [1.165, 1.54) is 25.9 Å². The third-order valence-corrected chi connectivity index (χ3v) is 10.6. The number of hydrogen-bond donors (Lipinski definition) is 0. The largest absolute Gasteiger partial charge is 0.328 e. The normalized spacial score (nSPS) is 13.9. The standard InChI is InChI=1S/C12H32N2Si2/c1-7-9-13(11(3)4)15-16-14(10-8-2)12(5)6/h11-12H,7-10,15-16H2,1-6H3. The minimum absolute atomic E-state index is 0.0544. The molecular weight excluding hydrogens is 228 g/mol. The van der Waals surface area contributed by atoms with Crippen molar-refractivity contribution in [2.45, 2.75) is 66.5 Å². The van der Waals surface area contributed by atoms with Gasteiger partial charge in [0.2, 0.25) is 0 Å². The van der Waals surface area contributed by atoms with Gasteiger partial charge in [0, 0.05) is 0 Å². The predicted octanol–water partition coefficient (Wildman–Crippen LogP) is 1.31. The van der Waals surface area contributed by atoms with E-state index in [0.717, 1.165) is 12.1 Å². The highest BCUT2D eigenvalue weighted by Gasteiger charge is 2.13. The Balaban J connectivity index is 4.04. The van der Waals surface area contributed by atoms with Gasteiger partial charge in [0.1, 0.15) is 0 Å². The van der Waals surface area contributed by atoms with Crippen molar-refractivity contribution in [2.75, 3.05) is 13.1 Å². The summed E-state index contributed by atoms with van der Waals surface area (Å²) in [6.45, 7) is 16.7. The van der Waals surface area contributed by atoms with Crippen LogP contribution in [0.5, 0.6) is 0 Å². The van der Waals surface area contributed by atoms with Crippen molar-refractivity contribution in [3.05, 3.63) is 0 Å². The maximum Gasteiger partial charge on any atom is 0.0971 e. The summed E-state index contributed by atoms with van der Waals surface area (Å²) in [5.41, 5.74) is 0. The van der Waals surface area contributed by atoms with E-state index in [9.17, 15) is 0 Å². The molecule has 0 atom stereocenters. The molecule has 0 heterocycles. The van der Waals surface area contributed by atoms with Crippen molar-refractivity contribution in [3.8, 4) is 0 Å². The van der Waals surface area contributed by atoms with Crippen molar-refractivity contribution in [1.29, 1.82) is 0 Å². The topological polar surface area (TPSA) is 6.48 Å². The number of hydrogen-bond acceptors (Lipinski definition) is 2. The minimum atomic E-state index is 0.0544. The molecule has 4 heteroatoms. The first-order valence-electron chi connectivity index (χ1n) is 7.00. The van der Waals surface area contributed by atoms with E-state index in [0.29, 0.717) is 0 Å². The second-order valence-corrected chi connectivity index (χ2v) is 10.5. The van der Waals surface area contributed by atoms with E-state index in [-0.39, 0.29) is 18.4 Å². The molecule has 0 bridgehead atoms. The van der Waals surface area contributed by atoms with Crippen molar-refractivity contribution in [3.63, 3.8) is 0 Å². The van der Waals surface area contributed by atoms with Crippen LogP contribution < -0.4 is 0 Å². The zero-order chi connectivity index (χ0) is 12.6. The van der Waals surface area contributed by atoms with E-state index in [1.54, 1.807) is 0 Å². The van der Waals surface area contributed by atoms with E-state index in [2.05, 4.69) is 50.7 Å². The van der Waals surface area contributed by atoms with Crippen LogP contribution in [0.1, 0.15) is 54.4 Å². The summed E-state index contributed by atoms with van der Waals surface area (Å²) in [6.07, 6.45) is 2.63. The molecule has 0 rings (SSSR count). The van der Waals surface area contributed by atoms with Crippen LogP contribution >= 0.6 is 0 Å². The Morgan fingerprint density at radius 3 is 1.25 bits per heavy atom. The Labute approximate surface area is 107 Å². The van der Waals surface area contributed by atoms with Gasteiger partial charge in [-0.25, -0.2) is 0 Å². The molecule has 0 saturated heterocycles. The third kappa shape index (κ3) is 6.83. The Bertz CT molecular complexity index is 145. The molecule has 0 aliphatic heterocycles. The smallest absolute Gasteiger partial charge is 0.0971 e. The van der Waals surface area contributed by atoms with Gasteiger partial charge in [-0.2, -0.15) is 0 Å². The fourth-order valence-electron chi connectivity index (χ4n) is 2.09. The molecule has 0 unspecified atom stereocenters. The van der Waals surface area contributed by atoms with Gasteiger partial charge in [0.15, 0.2) is 0 Å². The van der Waals surface area contributed by atoms with Crippen LogP contribution in [0.4, 0.5) is 0 Å². The van der Waals surface area contributed by atoms with E-state index < -0.39 is 0 Å². The predicted molar refractivity (Wildman–Crippen MR) is 81.4 cm³/mol. The maximum atomic E-state index is 2.79. The first-order valence-corrected chi connectivity index (χ1v) is 12.3. The molecule has 0 fully saturated rings. The lowest BCUT2D eigenvalue weighted by Crippen LogP contribution is -2.46. The number of rotatable bonds is 9. The van der Waals surface area contributed by atoms with Crippen LogP contribution in [-0.4, -0.2) is 52.7 Å². The molecule has 0 radical (unpaired) electrons. The van der Waals surface area contributed by atoms with Gasteiger partial charge in [-0.15, -0.1) is 0 Å². The van der Waals surface area contributed by atoms with Crippen molar-refractivity contribution >= 4 is 18.4 Å². The monoisotopic (exact) mass is 260 g/mol. The zero-order valence-corrected chi connectivity index (χ0v) is 15.1. The lowest BCUT2D eigenvalue weighted by Gasteiger charge is -2.31. The summed E-state index contributed by atoms with van der Waals surface area (Å²) in [7, 11) is 0.109. The second-order valence-electron chi connectivity index (χ2n) is 5.26. The SMILES string of the molecule is CCCN([SiH2][SiH2]N(CCC)C(C)C)C(C)C. The fourth-order valence-corrected chi connectivity index (χ4v) is 10.7. The van der Waals surface area contributed by atoms with Crippen LogP contribution in [0, 0.1) is 0 Å². The van der Waals surface area contributed by atoms with Crippen LogP contribution in [0.3, 0.4) is 0 Å². The second kappa shape index (κ2) is 9.39. The van der Waals surface area contributed by atoms with Gasteiger partial charge < -0.3 is 9.13 Å². The van der Waals surface area contributed by atoms with Gasteiger partial charge in [0.05, 0.1) is 18.4 Å². The number of nitrogens with zero attached hydrogens (tertiary/aromatic N) is 2. The van der Waals surface area contributed by atoms with Crippen LogP contribution in [0.25, 0.3) is 0 Å². The van der Waals surface area contributed by atoms with Crippen molar-refractivity contribution in [1.82, 2.24) is 9.13 Å². The highest BCUT2D eigenvalue weighted by atomic mass is 29.2. The Kier molecular flexibility index (Phi) is 9.60. The average molecular weight is 261 g/mol. The molecule has 98 valence electrons. The molecule has 0 aromatic rings. The molecular formula is C12H32N2Si2. The molecule has 0 aromatic heterocycles. The molecule has 0 aliphatic rings. The van der Waals surface area contributed by atoms with Gasteiger partial charge in [-0.3, -0.25) is 0 Å². The van der Waals surface area contributed by atoms with Crippen molar-refractivity contribution < 1.29 is 0 Å². The van der Waals surface area contributed by atoms with Crippen LogP contribution in [0.2, 0.25) is 0 Å². The first kappa shape index (κ1) is 16.4. The zero-order valence-electron chi connectivity index (χ0n) is 12.3. The van der Waals surface area contributed by atoms with Crippen molar-refractivity contribution in [2.24, 2.45) is 0 Å². The Morgan fingerprint density at radius 1 is 0.750 bits per heavy atom. The van der Waals surface area contributed by atoms with E-state index in [4.69, 9.17) is 0 Å². The first-order chi connectivity index (χ1) is 7.52. The molecule has 0 N–H and O–H groups in total. The molecule has 0 spiro atoms. The van der Waals surface area contributed by atoms with E-state index >= 15 is 0 Å². The summed E-state index contributed by atoms with van der Waals surface area (Å²) in [6, 6.07) is 1.55. The van der Waals surface area contributed by atoms with Gasteiger partial charge in [-0.05, 0) is 38.0 Å². The minimum Gasteiger partial charge on any atom is -0.328 e. The molecule has 2 nitrogen and oxygen atoms in total. The molecule has 0 saturated carbocycles. The van der Waals surface area contributed by atoms with Gasteiger partial charge in [-0.1, -0.05) is 41.5 Å². The summed E-state index contributed by atoms with van der Waals surface area (Å²) in [5, 5.41) is 0. The van der Waals surface area contributed by atoms with Gasteiger partial charge in [0.25, 0.3) is 0 Å². The highest BCUT2D eigenvalue weighted by molar-refractivity contribution is 6.97. The summed E-state index contributed by atoms with van der Waals surface area (Å²) >= 11 is 0. The van der Waals surface area contributed by atoms with Crippen LogP contribution in [0.15, 0.2) is 0 Å². The van der Waals surface area contributed by atoms with Crippen LogP contribution in [-0.2, 0) is 0 Å². The maximum absolute atomic E-state index is 2.79. The fraction of sp³-hybridized carbons (Fsp3) is 1.00. The summed E-state index contributed by atoms with van der Waals surface area (Å²) in [5.74, 6) is 0. The highest BCUT2D eigenvalue weighted by Crippen LogP contribution is 2.01. The molecule has 16 heavy (non-hydrogen) atoms. The van der Waals surface area contributed by atoms with Gasteiger partial charge >= 0.3 is 0 Å². The summed E-state index contributed by atoms with van der Waals surface area (Å²) < 4.78 is 5.58. The molecule has 0 aromatic carbocycles. The quantitative estimate of drug-likeness (QED) is 0.577. The lowest BCUT2D eigenvalue weighted by atomic mass is 10.4. The molecule has 0 aliphatic carbocycles. The summed E-state index contributed by atoms with van der Waals surface area (Å²) in [4.78, 5) is 0. The average Bonchev–Trinajstić information content (AvgIpc) is 2.21. The lowest BCUT2D eigenvalue weighted by molar-refractivity contribution is 0.361. The van der Waals surface area contributed by atoms with E-state index in [1.807, 2.05) is 0 Å².